The maximum atomic E-state index is 6.45. The topological polar surface area (TPSA) is 9.23 Å². The van der Waals surface area contributed by atoms with Gasteiger partial charge in [-0.2, -0.15) is 0 Å². The smallest absolute Gasteiger partial charge is 0.125 e. The van der Waals surface area contributed by atoms with E-state index >= 15 is 0 Å². The maximum Gasteiger partial charge on any atom is 0.125 e. The van der Waals surface area contributed by atoms with E-state index in [1.807, 2.05) is 0 Å². The number of fused-ring (bicyclic) bond motifs is 3. The minimum Gasteiger partial charge on any atom is -0.493 e. The third-order valence-electron chi connectivity index (χ3n) is 5.74. The number of hydrogen-bond donors (Lipinski definition) is 0. The molecule has 1 aromatic rings. The second-order valence-corrected chi connectivity index (χ2v) is 8.09. The van der Waals surface area contributed by atoms with Gasteiger partial charge in [0.1, 0.15) is 5.75 Å². The molecule has 0 radical (unpaired) electrons. The van der Waals surface area contributed by atoms with Gasteiger partial charge < -0.3 is 4.74 Å². The van der Waals surface area contributed by atoms with Crippen molar-refractivity contribution in [2.24, 2.45) is 17.3 Å². The SMILES string of the molecule is ClCC1(Cc2cc(Br)cc3c2OCC3)CC2CCC1C2. The highest BCUT2D eigenvalue weighted by Crippen LogP contribution is 2.58. The Morgan fingerprint density at radius 1 is 1.35 bits per heavy atom. The molecular weight excluding hydrogens is 336 g/mol. The molecule has 4 rings (SSSR count). The van der Waals surface area contributed by atoms with Gasteiger partial charge in [-0.3, -0.25) is 0 Å². The van der Waals surface area contributed by atoms with Gasteiger partial charge in [-0.15, -0.1) is 11.6 Å². The number of hydrogen-bond acceptors (Lipinski definition) is 1. The molecule has 0 N–H and O–H groups in total. The summed E-state index contributed by atoms with van der Waals surface area (Å²) in [6, 6.07) is 4.46. The zero-order valence-corrected chi connectivity index (χ0v) is 14.0. The lowest BCUT2D eigenvalue weighted by atomic mass is 9.70. The fourth-order valence-corrected chi connectivity index (χ4v) is 5.82. The first-order valence-electron chi connectivity index (χ1n) is 7.70. The van der Waals surface area contributed by atoms with Crippen LogP contribution in [0.1, 0.15) is 36.8 Å². The van der Waals surface area contributed by atoms with E-state index < -0.39 is 0 Å². The lowest BCUT2D eigenvalue weighted by Gasteiger charge is -2.36. The van der Waals surface area contributed by atoms with Crippen molar-refractivity contribution >= 4 is 27.5 Å². The van der Waals surface area contributed by atoms with Crippen LogP contribution in [0.4, 0.5) is 0 Å². The summed E-state index contributed by atoms with van der Waals surface area (Å²) in [5, 5.41) is 0. The van der Waals surface area contributed by atoms with E-state index in [2.05, 4.69) is 28.1 Å². The average molecular weight is 356 g/mol. The lowest BCUT2D eigenvalue weighted by molar-refractivity contribution is 0.191. The van der Waals surface area contributed by atoms with Crippen molar-refractivity contribution in [3.8, 4) is 5.75 Å². The molecule has 0 aromatic heterocycles. The molecule has 3 heteroatoms. The molecule has 1 aromatic carbocycles. The summed E-state index contributed by atoms with van der Waals surface area (Å²) in [6.45, 7) is 0.832. The summed E-state index contributed by atoms with van der Waals surface area (Å²) >= 11 is 10.1. The fraction of sp³-hybridized carbons (Fsp3) is 0.647. The highest BCUT2D eigenvalue weighted by molar-refractivity contribution is 9.10. The molecule has 2 fully saturated rings. The van der Waals surface area contributed by atoms with Crippen molar-refractivity contribution in [3.63, 3.8) is 0 Å². The van der Waals surface area contributed by atoms with E-state index in [9.17, 15) is 0 Å². The van der Waals surface area contributed by atoms with E-state index in [4.69, 9.17) is 16.3 Å². The van der Waals surface area contributed by atoms with Gasteiger partial charge in [-0.1, -0.05) is 22.4 Å². The molecule has 2 aliphatic carbocycles. The first-order chi connectivity index (χ1) is 9.70. The predicted octanol–water partition coefficient (Wildman–Crippen LogP) is 4.97. The van der Waals surface area contributed by atoms with Crippen molar-refractivity contribution in [3.05, 3.63) is 27.7 Å². The quantitative estimate of drug-likeness (QED) is 0.695. The molecule has 1 nitrogen and oxygen atoms in total. The zero-order chi connectivity index (χ0) is 13.7. The van der Waals surface area contributed by atoms with Gasteiger partial charge in [0.05, 0.1) is 6.61 Å². The number of rotatable bonds is 3. The summed E-state index contributed by atoms with van der Waals surface area (Å²) in [5.74, 6) is 3.72. The first kappa shape index (κ1) is 13.5. The highest BCUT2D eigenvalue weighted by Gasteiger charge is 2.50. The second-order valence-electron chi connectivity index (χ2n) is 6.90. The molecule has 2 saturated carbocycles. The summed E-state index contributed by atoms with van der Waals surface area (Å²) in [4.78, 5) is 0. The Morgan fingerprint density at radius 2 is 2.25 bits per heavy atom. The summed E-state index contributed by atoms with van der Waals surface area (Å²) < 4.78 is 7.09. The van der Waals surface area contributed by atoms with Crippen LogP contribution in [0.5, 0.6) is 5.75 Å². The van der Waals surface area contributed by atoms with Crippen LogP contribution in [0.25, 0.3) is 0 Å². The molecule has 1 heterocycles. The van der Waals surface area contributed by atoms with Gasteiger partial charge in [0.25, 0.3) is 0 Å². The zero-order valence-electron chi connectivity index (χ0n) is 11.6. The normalized spacial score (nSPS) is 34.3. The third kappa shape index (κ3) is 2.02. The third-order valence-corrected chi connectivity index (χ3v) is 6.73. The number of ether oxygens (including phenoxy) is 1. The van der Waals surface area contributed by atoms with Crippen LogP contribution in [0, 0.1) is 17.3 Å². The fourth-order valence-electron chi connectivity index (χ4n) is 4.84. The first-order valence-corrected chi connectivity index (χ1v) is 9.03. The predicted molar refractivity (Wildman–Crippen MR) is 85.6 cm³/mol. The van der Waals surface area contributed by atoms with Crippen molar-refractivity contribution in [1.82, 2.24) is 0 Å². The Hall–Kier alpha value is -0.210. The van der Waals surface area contributed by atoms with Gasteiger partial charge in [-0.25, -0.2) is 0 Å². The Balaban J connectivity index is 1.69. The molecule has 2 bridgehead atoms. The molecule has 3 atom stereocenters. The maximum absolute atomic E-state index is 6.45. The number of alkyl halides is 1. The molecular formula is C17H20BrClO. The average Bonchev–Trinajstić information content (AvgIpc) is 3.12. The summed E-state index contributed by atoms with van der Waals surface area (Å²) in [5.41, 5.74) is 3.06. The largest absolute Gasteiger partial charge is 0.493 e. The molecule has 0 amide bonds. The molecule has 3 aliphatic rings. The molecule has 1 aliphatic heterocycles. The van der Waals surface area contributed by atoms with Crippen LogP contribution in [0.15, 0.2) is 16.6 Å². The minimum atomic E-state index is 0.324. The Labute approximate surface area is 134 Å². The van der Waals surface area contributed by atoms with Crippen LogP contribution < -0.4 is 4.74 Å². The summed E-state index contributed by atoms with van der Waals surface area (Å²) in [7, 11) is 0. The van der Waals surface area contributed by atoms with E-state index in [0.717, 1.165) is 42.9 Å². The standard InChI is InChI=1S/C17H20BrClO/c18-15-6-12-3-4-20-16(12)13(7-15)9-17(10-19)8-11-1-2-14(17)5-11/h6-7,11,14H,1-5,8-10H2. The molecule has 3 unspecified atom stereocenters. The minimum absolute atomic E-state index is 0.324. The van der Waals surface area contributed by atoms with Crippen molar-refractivity contribution in [2.75, 3.05) is 12.5 Å². The van der Waals surface area contributed by atoms with Crippen LogP contribution in [0.3, 0.4) is 0 Å². The van der Waals surface area contributed by atoms with Crippen LogP contribution >= 0.6 is 27.5 Å². The van der Waals surface area contributed by atoms with Gasteiger partial charge in [0, 0.05) is 16.8 Å². The Bertz CT molecular complexity index is 544. The van der Waals surface area contributed by atoms with Crippen LogP contribution in [0.2, 0.25) is 0 Å². The van der Waals surface area contributed by atoms with E-state index in [-0.39, 0.29) is 0 Å². The monoisotopic (exact) mass is 354 g/mol. The van der Waals surface area contributed by atoms with E-state index in [0.29, 0.717) is 5.41 Å². The molecule has 20 heavy (non-hydrogen) atoms. The van der Waals surface area contributed by atoms with Crippen LogP contribution in [-0.2, 0) is 12.8 Å². The van der Waals surface area contributed by atoms with Crippen molar-refractivity contribution < 1.29 is 4.74 Å². The van der Waals surface area contributed by atoms with E-state index in [1.165, 1.54) is 41.3 Å². The second kappa shape index (κ2) is 4.91. The van der Waals surface area contributed by atoms with Gasteiger partial charge in [-0.05, 0) is 66.2 Å². The van der Waals surface area contributed by atoms with E-state index in [1.54, 1.807) is 0 Å². The van der Waals surface area contributed by atoms with Gasteiger partial charge in [0.15, 0.2) is 0 Å². The van der Waals surface area contributed by atoms with Crippen molar-refractivity contribution in [1.29, 1.82) is 0 Å². The Kier molecular flexibility index (Phi) is 3.30. The molecule has 0 spiro atoms. The Morgan fingerprint density at radius 3 is 2.95 bits per heavy atom. The summed E-state index contributed by atoms with van der Waals surface area (Å²) in [6.07, 6.45) is 7.68. The number of halogens is 2. The lowest BCUT2D eigenvalue weighted by Crippen LogP contribution is -2.32. The van der Waals surface area contributed by atoms with Gasteiger partial charge >= 0.3 is 0 Å². The van der Waals surface area contributed by atoms with Crippen molar-refractivity contribution in [2.45, 2.75) is 38.5 Å². The molecule has 108 valence electrons. The number of benzene rings is 1. The van der Waals surface area contributed by atoms with Crippen LogP contribution in [-0.4, -0.2) is 12.5 Å². The highest BCUT2D eigenvalue weighted by atomic mass is 79.9. The molecule has 0 saturated heterocycles. The van der Waals surface area contributed by atoms with Gasteiger partial charge in [0.2, 0.25) is 0 Å².